The van der Waals surface area contributed by atoms with Crippen LogP contribution in [-0.2, 0) is 6.54 Å². The number of para-hydroxylation sites is 1. The summed E-state index contributed by atoms with van der Waals surface area (Å²) in [5.41, 5.74) is 3.30. The van der Waals surface area contributed by atoms with Crippen LogP contribution in [0.15, 0.2) is 65.2 Å². The Hall–Kier alpha value is -3.56. The van der Waals surface area contributed by atoms with E-state index in [9.17, 15) is 5.26 Å². The molecule has 0 radical (unpaired) electrons. The molecule has 1 unspecified atom stereocenters. The maximum atomic E-state index is 9.37. The van der Waals surface area contributed by atoms with Crippen LogP contribution in [0.5, 0.6) is 0 Å². The first-order valence-electron chi connectivity index (χ1n) is 10.2. The molecule has 1 aliphatic heterocycles. The molecule has 148 valence electrons. The van der Waals surface area contributed by atoms with Gasteiger partial charge >= 0.3 is 0 Å². The Morgan fingerprint density at radius 3 is 2.80 bits per heavy atom. The van der Waals surface area contributed by atoms with Gasteiger partial charge in [0.2, 0.25) is 11.7 Å². The lowest BCUT2D eigenvalue weighted by atomic mass is 10.0. The van der Waals surface area contributed by atoms with Gasteiger partial charge in [0, 0.05) is 17.5 Å². The Morgan fingerprint density at radius 2 is 1.87 bits per heavy atom. The number of rotatable bonds is 4. The van der Waals surface area contributed by atoms with Crippen molar-refractivity contribution in [1.29, 1.82) is 5.26 Å². The third kappa shape index (κ3) is 3.56. The number of nitriles is 1. The van der Waals surface area contributed by atoms with Gasteiger partial charge in [0.25, 0.3) is 0 Å². The number of hydrogen-bond donors (Lipinski definition) is 0. The normalized spacial score (nSPS) is 17.1. The first-order valence-corrected chi connectivity index (χ1v) is 10.2. The first kappa shape index (κ1) is 18.5. The summed E-state index contributed by atoms with van der Waals surface area (Å²) in [7, 11) is 0. The molecule has 0 spiro atoms. The Balaban J connectivity index is 1.41. The predicted molar refractivity (Wildman–Crippen MR) is 113 cm³/mol. The standard InChI is InChI=1S/C24H21N5O/c25-15-18-8-1-3-9-20(18)23-27-24(30-28-23)22-11-5-6-14-29(22)16-19-13-12-17-7-2-4-10-21(17)26-19/h1-4,7-10,12-13,22H,5-6,11,14,16H2. The quantitative estimate of drug-likeness (QED) is 0.490. The van der Waals surface area contributed by atoms with Crippen molar-refractivity contribution in [3.8, 4) is 17.5 Å². The summed E-state index contributed by atoms with van der Waals surface area (Å²) < 4.78 is 5.66. The lowest BCUT2D eigenvalue weighted by Gasteiger charge is -2.33. The summed E-state index contributed by atoms with van der Waals surface area (Å²) in [6, 6.07) is 22.0. The van der Waals surface area contributed by atoms with E-state index in [4.69, 9.17) is 9.51 Å². The van der Waals surface area contributed by atoms with Gasteiger partial charge in [-0.2, -0.15) is 10.2 Å². The number of piperidine rings is 1. The molecule has 3 heterocycles. The lowest BCUT2D eigenvalue weighted by molar-refractivity contribution is 0.110. The minimum atomic E-state index is 0.0579. The van der Waals surface area contributed by atoms with Gasteiger partial charge in [-0.1, -0.05) is 48.0 Å². The SMILES string of the molecule is N#Cc1ccccc1-c1noc(C2CCCCN2Cc2ccc3ccccc3n2)n1. The minimum absolute atomic E-state index is 0.0579. The molecule has 30 heavy (non-hydrogen) atoms. The van der Waals surface area contributed by atoms with Crippen molar-refractivity contribution in [2.75, 3.05) is 6.54 Å². The zero-order valence-corrected chi connectivity index (χ0v) is 16.5. The highest BCUT2D eigenvalue weighted by atomic mass is 16.5. The third-order valence-electron chi connectivity index (χ3n) is 5.65. The Kier molecular flexibility index (Phi) is 4.96. The summed E-state index contributed by atoms with van der Waals surface area (Å²) in [4.78, 5) is 11.9. The van der Waals surface area contributed by atoms with Crippen LogP contribution in [0.3, 0.4) is 0 Å². The Bertz CT molecular complexity index is 1230. The van der Waals surface area contributed by atoms with E-state index < -0.39 is 0 Å². The monoisotopic (exact) mass is 395 g/mol. The average Bonchev–Trinajstić information content (AvgIpc) is 3.29. The highest BCUT2D eigenvalue weighted by Crippen LogP contribution is 2.32. The molecule has 0 amide bonds. The molecule has 1 fully saturated rings. The van der Waals surface area contributed by atoms with Gasteiger partial charge in [0.1, 0.15) is 0 Å². The van der Waals surface area contributed by atoms with E-state index in [1.54, 1.807) is 6.07 Å². The third-order valence-corrected chi connectivity index (χ3v) is 5.65. The summed E-state index contributed by atoms with van der Waals surface area (Å²) in [6.45, 7) is 1.70. The molecule has 0 saturated carbocycles. The highest BCUT2D eigenvalue weighted by Gasteiger charge is 2.29. The van der Waals surface area contributed by atoms with Gasteiger partial charge < -0.3 is 4.52 Å². The Morgan fingerprint density at radius 1 is 1.00 bits per heavy atom. The van der Waals surface area contributed by atoms with Crippen LogP contribution in [-0.4, -0.2) is 26.6 Å². The maximum absolute atomic E-state index is 9.37. The van der Waals surface area contributed by atoms with Gasteiger partial charge in [-0.25, -0.2) is 0 Å². The van der Waals surface area contributed by atoms with Crippen molar-refractivity contribution in [2.45, 2.75) is 31.8 Å². The number of benzene rings is 2. The predicted octanol–water partition coefficient (Wildman–Crippen LogP) is 4.88. The van der Waals surface area contributed by atoms with Gasteiger partial charge in [0.05, 0.1) is 28.9 Å². The number of fused-ring (bicyclic) bond motifs is 1. The van der Waals surface area contributed by atoms with E-state index in [2.05, 4.69) is 39.3 Å². The molecule has 0 aliphatic carbocycles. The van der Waals surface area contributed by atoms with Crippen molar-refractivity contribution >= 4 is 10.9 Å². The zero-order valence-electron chi connectivity index (χ0n) is 16.5. The lowest BCUT2D eigenvalue weighted by Crippen LogP contribution is -2.33. The maximum Gasteiger partial charge on any atom is 0.244 e. The van der Waals surface area contributed by atoms with Gasteiger partial charge in [-0.15, -0.1) is 0 Å². The van der Waals surface area contributed by atoms with Gasteiger partial charge in [-0.3, -0.25) is 9.88 Å². The number of pyridine rings is 1. The molecule has 1 atom stereocenters. The molecule has 2 aromatic carbocycles. The van der Waals surface area contributed by atoms with Crippen LogP contribution in [0.1, 0.15) is 42.5 Å². The fourth-order valence-electron chi connectivity index (χ4n) is 4.12. The summed E-state index contributed by atoms with van der Waals surface area (Å²) in [6.07, 6.45) is 3.23. The molecule has 0 N–H and O–H groups in total. The molecule has 2 aromatic heterocycles. The first-order chi connectivity index (χ1) is 14.8. The van der Waals surface area contributed by atoms with E-state index >= 15 is 0 Å². The summed E-state index contributed by atoms with van der Waals surface area (Å²) in [5.74, 6) is 1.08. The topological polar surface area (TPSA) is 78.8 Å². The van der Waals surface area contributed by atoms with Crippen molar-refractivity contribution in [3.63, 3.8) is 0 Å². The van der Waals surface area contributed by atoms with Gasteiger partial charge in [-0.05, 0) is 43.7 Å². The average molecular weight is 395 g/mol. The van der Waals surface area contributed by atoms with Crippen LogP contribution in [0.4, 0.5) is 0 Å². The number of likely N-dealkylation sites (tertiary alicyclic amines) is 1. The van der Waals surface area contributed by atoms with Crippen LogP contribution in [0.2, 0.25) is 0 Å². The van der Waals surface area contributed by atoms with Crippen LogP contribution in [0.25, 0.3) is 22.3 Å². The molecule has 4 aromatic rings. The Labute approximate surface area is 174 Å². The number of hydrogen-bond acceptors (Lipinski definition) is 6. The van der Waals surface area contributed by atoms with Crippen molar-refractivity contribution in [1.82, 2.24) is 20.0 Å². The molecule has 6 nitrogen and oxygen atoms in total. The van der Waals surface area contributed by atoms with Crippen LogP contribution < -0.4 is 0 Å². The fraction of sp³-hybridized carbons (Fsp3) is 0.250. The fourth-order valence-corrected chi connectivity index (χ4v) is 4.12. The van der Waals surface area contributed by atoms with Crippen LogP contribution in [0, 0.1) is 11.3 Å². The molecule has 1 saturated heterocycles. The summed E-state index contributed by atoms with van der Waals surface area (Å²) >= 11 is 0. The van der Waals surface area contributed by atoms with E-state index in [-0.39, 0.29) is 6.04 Å². The summed E-state index contributed by atoms with van der Waals surface area (Å²) in [5, 5.41) is 14.7. The van der Waals surface area contributed by atoms with E-state index in [0.717, 1.165) is 48.9 Å². The smallest absolute Gasteiger partial charge is 0.244 e. The minimum Gasteiger partial charge on any atom is -0.337 e. The number of aromatic nitrogens is 3. The molecule has 1 aliphatic rings. The largest absolute Gasteiger partial charge is 0.337 e. The van der Waals surface area contributed by atoms with E-state index in [1.165, 1.54) is 0 Å². The zero-order chi connectivity index (χ0) is 20.3. The molecule has 6 heteroatoms. The molecule has 0 bridgehead atoms. The van der Waals surface area contributed by atoms with E-state index in [0.29, 0.717) is 22.8 Å². The molecule has 5 rings (SSSR count). The second-order valence-corrected chi connectivity index (χ2v) is 7.59. The van der Waals surface area contributed by atoms with E-state index in [1.807, 2.05) is 36.4 Å². The second-order valence-electron chi connectivity index (χ2n) is 7.59. The van der Waals surface area contributed by atoms with Crippen LogP contribution >= 0.6 is 0 Å². The molecular formula is C24H21N5O. The highest BCUT2D eigenvalue weighted by molar-refractivity contribution is 5.78. The van der Waals surface area contributed by atoms with Crippen molar-refractivity contribution in [2.24, 2.45) is 0 Å². The number of nitrogens with zero attached hydrogens (tertiary/aromatic N) is 5. The van der Waals surface area contributed by atoms with Crippen molar-refractivity contribution in [3.05, 3.63) is 77.8 Å². The van der Waals surface area contributed by atoms with Crippen molar-refractivity contribution < 1.29 is 4.52 Å². The second kappa shape index (κ2) is 8.05. The molecular weight excluding hydrogens is 374 g/mol. The van der Waals surface area contributed by atoms with Gasteiger partial charge in [0.15, 0.2) is 0 Å².